The highest BCUT2D eigenvalue weighted by atomic mass is 16.5. The lowest BCUT2D eigenvalue weighted by Crippen LogP contribution is -2.24. The summed E-state index contributed by atoms with van der Waals surface area (Å²) in [5, 5.41) is 17.4. The molecule has 0 bridgehead atoms. The van der Waals surface area contributed by atoms with E-state index in [9.17, 15) is 0 Å². The molecule has 0 radical (unpaired) electrons. The Balaban J connectivity index is 3.70. The van der Waals surface area contributed by atoms with Gasteiger partial charge in [0.05, 0.1) is 46.2 Å². The van der Waals surface area contributed by atoms with Crippen molar-refractivity contribution in [2.75, 3.05) is 52.9 Å². The van der Waals surface area contributed by atoms with E-state index in [-0.39, 0.29) is 19.1 Å². The third-order valence-electron chi connectivity index (χ3n) is 2.98. The van der Waals surface area contributed by atoms with Crippen LogP contribution in [0.3, 0.4) is 0 Å². The summed E-state index contributed by atoms with van der Waals surface area (Å²) in [6.45, 7) is 7.49. The van der Waals surface area contributed by atoms with Gasteiger partial charge in [0.2, 0.25) is 0 Å². The fraction of sp³-hybridized carbons (Fsp3) is 1.00. The van der Waals surface area contributed by atoms with Crippen molar-refractivity contribution in [1.82, 2.24) is 0 Å². The molecule has 0 heterocycles. The Morgan fingerprint density at radius 1 is 0.842 bits per heavy atom. The Labute approximate surface area is 116 Å². The Bertz CT molecular complexity index is 167. The second-order valence-electron chi connectivity index (χ2n) is 4.84. The van der Waals surface area contributed by atoms with Crippen LogP contribution in [0.1, 0.15) is 26.7 Å². The normalized spacial score (nSPS) is 13.1. The zero-order valence-electron chi connectivity index (χ0n) is 12.3. The maximum absolute atomic E-state index is 8.68. The molecule has 2 N–H and O–H groups in total. The minimum Gasteiger partial charge on any atom is -0.394 e. The molecule has 0 saturated heterocycles. The first-order valence-corrected chi connectivity index (χ1v) is 7.19. The monoisotopic (exact) mass is 278 g/mol. The molecule has 0 fully saturated rings. The van der Waals surface area contributed by atoms with Gasteiger partial charge in [-0.1, -0.05) is 20.3 Å². The van der Waals surface area contributed by atoms with E-state index in [1.165, 1.54) is 6.42 Å². The smallest absolute Gasteiger partial charge is 0.0697 e. The van der Waals surface area contributed by atoms with Crippen LogP contribution in [0.2, 0.25) is 0 Å². The first kappa shape index (κ1) is 18.8. The zero-order chi connectivity index (χ0) is 14.3. The average Bonchev–Trinajstić information content (AvgIpc) is 2.43. The number of rotatable bonds is 14. The second kappa shape index (κ2) is 14.2. The molecule has 0 amide bonds. The molecular formula is C14H30O5. The molecule has 0 aromatic heterocycles. The summed E-state index contributed by atoms with van der Waals surface area (Å²) in [4.78, 5) is 0. The van der Waals surface area contributed by atoms with Crippen molar-refractivity contribution in [3.63, 3.8) is 0 Å². The molecule has 0 aliphatic heterocycles. The molecule has 0 aliphatic carbocycles. The van der Waals surface area contributed by atoms with Gasteiger partial charge in [-0.2, -0.15) is 0 Å². The van der Waals surface area contributed by atoms with Crippen LogP contribution in [0.25, 0.3) is 0 Å². The highest BCUT2D eigenvalue weighted by Gasteiger charge is 2.10. The van der Waals surface area contributed by atoms with E-state index >= 15 is 0 Å². The van der Waals surface area contributed by atoms with Crippen molar-refractivity contribution in [3.05, 3.63) is 0 Å². The van der Waals surface area contributed by atoms with Gasteiger partial charge in [-0.3, -0.25) is 0 Å². The Morgan fingerprint density at radius 2 is 1.32 bits per heavy atom. The summed E-state index contributed by atoms with van der Waals surface area (Å²) in [5.41, 5.74) is 0. The van der Waals surface area contributed by atoms with E-state index in [0.29, 0.717) is 39.0 Å². The van der Waals surface area contributed by atoms with Gasteiger partial charge in [-0.25, -0.2) is 0 Å². The zero-order valence-corrected chi connectivity index (χ0v) is 12.3. The molecule has 116 valence electrons. The lowest BCUT2D eigenvalue weighted by molar-refractivity contribution is -0.0192. The fourth-order valence-corrected chi connectivity index (χ4v) is 1.51. The second-order valence-corrected chi connectivity index (χ2v) is 4.84. The Morgan fingerprint density at radius 3 is 1.74 bits per heavy atom. The SMILES string of the molecule is CCC(C)CCOCC(COCCO)COCCO. The Kier molecular flexibility index (Phi) is 14.1. The molecule has 5 nitrogen and oxygen atoms in total. The lowest BCUT2D eigenvalue weighted by atomic mass is 10.1. The summed E-state index contributed by atoms with van der Waals surface area (Å²) in [6, 6.07) is 0. The van der Waals surface area contributed by atoms with Gasteiger partial charge in [0.1, 0.15) is 0 Å². The van der Waals surface area contributed by atoms with Crippen molar-refractivity contribution in [2.24, 2.45) is 11.8 Å². The molecule has 1 unspecified atom stereocenters. The summed E-state index contributed by atoms with van der Waals surface area (Å²) >= 11 is 0. The first-order valence-electron chi connectivity index (χ1n) is 7.19. The van der Waals surface area contributed by atoms with Crippen molar-refractivity contribution in [1.29, 1.82) is 0 Å². The van der Waals surface area contributed by atoms with Crippen LogP contribution >= 0.6 is 0 Å². The summed E-state index contributed by atoms with van der Waals surface area (Å²) in [7, 11) is 0. The minimum atomic E-state index is 0.0269. The number of ether oxygens (including phenoxy) is 3. The van der Waals surface area contributed by atoms with E-state index in [2.05, 4.69) is 13.8 Å². The minimum absolute atomic E-state index is 0.0269. The first-order chi connectivity index (χ1) is 9.24. The van der Waals surface area contributed by atoms with E-state index in [4.69, 9.17) is 24.4 Å². The quantitative estimate of drug-likeness (QED) is 0.465. The van der Waals surface area contributed by atoms with Crippen molar-refractivity contribution >= 4 is 0 Å². The fourth-order valence-electron chi connectivity index (χ4n) is 1.51. The highest BCUT2D eigenvalue weighted by molar-refractivity contribution is 4.57. The third-order valence-corrected chi connectivity index (χ3v) is 2.98. The van der Waals surface area contributed by atoms with Gasteiger partial charge in [0.15, 0.2) is 0 Å². The maximum atomic E-state index is 8.68. The van der Waals surface area contributed by atoms with E-state index in [1.54, 1.807) is 0 Å². The van der Waals surface area contributed by atoms with Gasteiger partial charge in [0, 0.05) is 12.5 Å². The summed E-state index contributed by atoms with van der Waals surface area (Å²) in [6.07, 6.45) is 2.24. The standard InChI is InChI=1S/C14H30O5/c1-3-13(2)4-7-17-10-14(11-18-8-5-15)12-19-9-6-16/h13-16H,3-12H2,1-2H3. The van der Waals surface area contributed by atoms with Crippen molar-refractivity contribution < 1.29 is 24.4 Å². The molecule has 0 rings (SSSR count). The topological polar surface area (TPSA) is 68.2 Å². The number of hydrogen-bond donors (Lipinski definition) is 2. The Hall–Kier alpha value is -0.200. The maximum Gasteiger partial charge on any atom is 0.0697 e. The van der Waals surface area contributed by atoms with Gasteiger partial charge in [-0.05, 0) is 12.3 Å². The van der Waals surface area contributed by atoms with E-state index in [0.717, 1.165) is 13.0 Å². The predicted molar refractivity (Wildman–Crippen MR) is 74.2 cm³/mol. The van der Waals surface area contributed by atoms with E-state index in [1.807, 2.05) is 0 Å². The largest absolute Gasteiger partial charge is 0.394 e. The van der Waals surface area contributed by atoms with Crippen LogP contribution in [-0.2, 0) is 14.2 Å². The highest BCUT2D eigenvalue weighted by Crippen LogP contribution is 2.07. The van der Waals surface area contributed by atoms with Gasteiger partial charge in [-0.15, -0.1) is 0 Å². The summed E-state index contributed by atoms with van der Waals surface area (Å²) < 4.78 is 16.2. The molecule has 0 aromatic carbocycles. The van der Waals surface area contributed by atoms with Crippen molar-refractivity contribution in [2.45, 2.75) is 26.7 Å². The third kappa shape index (κ3) is 12.6. The number of aliphatic hydroxyl groups excluding tert-OH is 2. The molecule has 19 heavy (non-hydrogen) atoms. The molecule has 1 atom stereocenters. The van der Waals surface area contributed by atoms with Crippen molar-refractivity contribution in [3.8, 4) is 0 Å². The molecule has 0 spiro atoms. The number of hydrogen-bond acceptors (Lipinski definition) is 5. The molecule has 5 heteroatoms. The van der Waals surface area contributed by atoms with Crippen LogP contribution in [0.4, 0.5) is 0 Å². The van der Waals surface area contributed by atoms with Gasteiger partial charge < -0.3 is 24.4 Å². The average molecular weight is 278 g/mol. The van der Waals surface area contributed by atoms with Gasteiger partial charge >= 0.3 is 0 Å². The van der Waals surface area contributed by atoms with Crippen LogP contribution < -0.4 is 0 Å². The number of aliphatic hydroxyl groups is 2. The van der Waals surface area contributed by atoms with Crippen LogP contribution in [0, 0.1) is 11.8 Å². The van der Waals surface area contributed by atoms with Crippen LogP contribution in [-0.4, -0.2) is 63.1 Å². The van der Waals surface area contributed by atoms with E-state index < -0.39 is 0 Å². The predicted octanol–water partition coefficient (Wildman–Crippen LogP) is 1.07. The molecule has 0 aromatic rings. The van der Waals surface area contributed by atoms with Gasteiger partial charge in [0.25, 0.3) is 0 Å². The molecule has 0 aliphatic rings. The molecular weight excluding hydrogens is 248 g/mol. The summed E-state index contributed by atoms with van der Waals surface area (Å²) in [5.74, 6) is 0.838. The molecule has 0 saturated carbocycles. The van der Waals surface area contributed by atoms with Crippen LogP contribution in [0.15, 0.2) is 0 Å². The van der Waals surface area contributed by atoms with Crippen LogP contribution in [0.5, 0.6) is 0 Å². The lowest BCUT2D eigenvalue weighted by Gasteiger charge is -2.18.